The molecule has 0 aliphatic heterocycles. The van der Waals surface area contributed by atoms with E-state index in [-0.39, 0.29) is 0 Å². The van der Waals surface area contributed by atoms with Gasteiger partial charge in [-0.3, -0.25) is 0 Å². The highest BCUT2D eigenvalue weighted by molar-refractivity contribution is 5.26. The number of hydrogen-bond acceptors (Lipinski definition) is 1. The van der Waals surface area contributed by atoms with E-state index in [4.69, 9.17) is 5.73 Å². The van der Waals surface area contributed by atoms with Gasteiger partial charge in [-0.15, -0.1) is 0 Å². The summed E-state index contributed by atoms with van der Waals surface area (Å²) in [5.74, 6) is 0.498. The van der Waals surface area contributed by atoms with Crippen molar-refractivity contribution in [3.8, 4) is 0 Å². The van der Waals surface area contributed by atoms with Gasteiger partial charge in [-0.1, -0.05) is 48.9 Å². The molecule has 0 aromatic heterocycles. The maximum Gasteiger partial charge on any atom is 0.00427 e. The highest BCUT2D eigenvalue weighted by Gasteiger charge is 2.10. The van der Waals surface area contributed by atoms with E-state index >= 15 is 0 Å². The Kier molecular flexibility index (Phi) is 5.13. The molecule has 0 aliphatic rings. The van der Waals surface area contributed by atoms with Gasteiger partial charge in [0.15, 0.2) is 0 Å². The van der Waals surface area contributed by atoms with Gasteiger partial charge in [-0.2, -0.15) is 0 Å². The molecule has 1 heteroatoms. The van der Waals surface area contributed by atoms with Crippen molar-refractivity contribution in [2.45, 2.75) is 32.1 Å². The first kappa shape index (κ1) is 12.0. The number of unbranched alkanes of at least 4 members (excludes halogenated alkanes) is 1. The Hall–Kier alpha value is -1.08. The molecule has 2 N–H and O–H groups in total. The van der Waals surface area contributed by atoms with E-state index in [1.54, 1.807) is 0 Å². The lowest BCUT2D eigenvalue weighted by Gasteiger charge is -2.17. The first-order valence-electron chi connectivity index (χ1n) is 5.66. The standard InChI is InChI=1S/C14H21N/c1-12(2)14(10-6-7-11-15)13-8-4-3-5-9-13/h3-5,8-9,14H,1,6-7,10-11,15H2,2H3. The zero-order valence-corrected chi connectivity index (χ0v) is 9.58. The van der Waals surface area contributed by atoms with Crippen LogP contribution in [0.1, 0.15) is 37.7 Å². The summed E-state index contributed by atoms with van der Waals surface area (Å²) in [6, 6.07) is 10.6. The Morgan fingerprint density at radius 2 is 1.93 bits per heavy atom. The number of rotatable bonds is 6. The molecule has 0 saturated heterocycles. The Labute approximate surface area is 93.0 Å². The fraction of sp³-hybridized carbons (Fsp3) is 0.429. The SMILES string of the molecule is C=C(C)C(CCCCN)c1ccccc1. The average molecular weight is 203 g/mol. The van der Waals surface area contributed by atoms with Crippen molar-refractivity contribution in [1.29, 1.82) is 0 Å². The van der Waals surface area contributed by atoms with Gasteiger partial charge in [0.2, 0.25) is 0 Å². The largest absolute Gasteiger partial charge is 0.330 e. The molecule has 0 amide bonds. The Balaban J connectivity index is 2.62. The van der Waals surface area contributed by atoms with Crippen molar-refractivity contribution in [1.82, 2.24) is 0 Å². The Morgan fingerprint density at radius 1 is 1.27 bits per heavy atom. The summed E-state index contributed by atoms with van der Waals surface area (Å²) >= 11 is 0. The molecular formula is C14H21N. The number of allylic oxidation sites excluding steroid dienone is 1. The Morgan fingerprint density at radius 3 is 2.47 bits per heavy atom. The highest BCUT2D eigenvalue weighted by atomic mass is 14.5. The summed E-state index contributed by atoms with van der Waals surface area (Å²) in [7, 11) is 0. The van der Waals surface area contributed by atoms with Gasteiger partial charge < -0.3 is 5.73 Å². The molecule has 0 aliphatic carbocycles. The summed E-state index contributed by atoms with van der Waals surface area (Å²) in [5, 5.41) is 0. The average Bonchev–Trinajstić information content (AvgIpc) is 2.25. The topological polar surface area (TPSA) is 26.0 Å². The van der Waals surface area contributed by atoms with E-state index in [1.165, 1.54) is 17.6 Å². The fourth-order valence-electron chi connectivity index (χ4n) is 1.88. The van der Waals surface area contributed by atoms with Gasteiger partial charge in [0, 0.05) is 5.92 Å². The normalized spacial score (nSPS) is 12.4. The highest BCUT2D eigenvalue weighted by Crippen LogP contribution is 2.27. The molecule has 0 radical (unpaired) electrons. The monoisotopic (exact) mass is 203 g/mol. The van der Waals surface area contributed by atoms with Crippen LogP contribution in [-0.4, -0.2) is 6.54 Å². The van der Waals surface area contributed by atoms with Gasteiger partial charge in [0.25, 0.3) is 0 Å². The van der Waals surface area contributed by atoms with Gasteiger partial charge in [-0.25, -0.2) is 0 Å². The van der Waals surface area contributed by atoms with E-state index in [9.17, 15) is 0 Å². The van der Waals surface area contributed by atoms with Crippen LogP contribution >= 0.6 is 0 Å². The van der Waals surface area contributed by atoms with Crippen LogP contribution in [0.4, 0.5) is 0 Å². The summed E-state index contributed by atoms with van der Waals surface area (Å²) in [5.41, 5.74) is 8.13. The Bertz CT molecular complexity index is 289. The number of benzene rings is 1. The van der Waals surface area contributed by atoms with Crippen molar-refractivity contribution in [3.63, 3.8) is 0 Å². The summed E-state index contributed by atoms with van der Waals surface area (Å²) in [6.45, 7) is 6.98. The number of nitrogens with two attached hydrogens (primary N) is 1. The quantitative estimate of drug-likeness (QED) is 0.556. The van der Waals surface area contributed by atoms with E-state index in [0.717, 1.165) is 19.4 Å². The molecule has 0 saturated carbocycles. The van der Waals surface area contributed by atoms with Gasteiger partial charge in [-0.05, 0) is 31.9 Å². The zero-order valence-electron chi connectivity index (χ0n) is 9.58. The van der Waals surface area contributed by atoms with E-state index in [1.807, 2.05) is 0 Å². The summed E-state index contributed by atoms with van der Waals surface area (Å²) < 4.78 is 0. The van der Waals surface area contributed by atoms with Crippen LogP contribution in [0.2, 0.25) is 0 Å². The van der Waals surface area contributed by atoms with Crippen LogP contribution in [0.15, 0.2) is 42.5 Å². The molecule has 0 bridgehead atoms. The lowest BCUT2D eigenvalue weighted by Crippen LogP contribution is -2.03. The third kappa shape index (κ3) is 3.88. The van der Waals surface area contributed by atoms with Gasteiger partial charge >= 0.3 is 0 Å². The first-order chi connectivity index (χ1) is 7.25. The minimum Gasteiger partial charge on any atom is -0.330 e. The maximum atomic E-state index is 5.51. The van der Waals surface area contributed by atoms with Crippen molar-refractivity contribution < 1.29 is 0 Å². The molecule has 1 aromatic rings. The van der Waals surface area contributed by atoms with Crippen molar-refractivity contribution in [2.75, 3.05) is 6.54 Å². The predicted octanol–water partition coefficient (Wildman–Crippen LogP) is 3.48. The molecule has 0 spiro atoms. The minimum atomic E-state index is 0.498. The molecule has 82 valence electrons. The second-order valence-electron chi connectivity index (χ2n) is 4.09. The second-order valence-corrected chi connectivity index (χ2v) is 4.09. The van der Waals surface area contributed by atoms with Crippen LogP contribution in [-0.2, 0) is 0 Å². The van der Waals surface area contributed by atoms with Crippen LogP contribution in [0.25, 0.3) is 0 Å². The van der Waals surface area contributed by atoms with Gasteiger partial charge in [0.05, 0.1) is 0 Å². The third-order valence-electron chi connectivity index (χ3n) is 2.74. The molecule has 1 atom stereocenters. The third-order valence-corrected chi connectivity index (χ3v) is 2.74. The lowest BCUT2D eigenvalue weighted by molar-refractivity contribution is 0.626. The van der Waals surface area contributed by atoms with Crippen molar-refractivity contribution >= 4 is 0 Å². The molecular weight excluding hydrogens is 182 g/mol. The van der Waals surface area contributed by atoms with Crippen LogP contribution < -0.4 is 5.73 Å². The van der Waals surface area contributed by atoms with Crippen LogP contribution in [0.5, 0.6) is 0 Å². The molecule has 1 aromatic carbocycles. The predicted molar refractivity (Wildman–Crippen MR) is 66.9 cm³/mol. The van der Waals surface area contributed by atoms with E-state index in [0.29, 0.717) is 5.92 Å². The van der Waals surface area contributed by atoms with Crippen molar-refractivity contribution in [2.24, 2.45) is 5.73 Å². The van der Waals surface area contributed by atoms with Crippen molar-refractivity contribution in [3.05, 3.63) is 48.0 Å². The molecule has 0 heterocycles. The van der Waals surface area contributed by atoms with Crippen LogP contribution in [0, 0.1) is 0 Å². The maximum absolute atomic E-state index is 5.51. The van der Waals surface area contributed by atoms with E-state index in [2.05, 4.69) is 43.8 Å². The lowest BCUT2D eigenvalue weighted by atomic mass is 9.88. The van der Waals surface area contributed by atoms with Crippen LogP contribution in [0.3, 0.4) is 0 Å². The molecule has 1 unspecified atom stereocenters. The zero-order chi connectivity index (χ0) is 11.1. The van der Waals surface area contributed by atoms with E-state index < -0.39 is 0 Å². The fourth-order valence-corrected chi connectivity index (χ4v) is 1.88. The molecule has 1 nitrogen and oxygen atoms in total. The number of hydrogen-bond donors (Lipinski definition) is 1. The first-order valence-corrected chi connectivity index (χ1v) is 5.66. The molecule has 15 heavy (non-hydrogen) atoms. The summed E-state index contributed by atoms with van der Waals surface area (Å²) in [6.07, 6.45) is 3.45. The summed E-state index contributed by atoms with van der Waals surface area (Å²) in [4.78, 5) is 0. The second kappa shape index (κ2) is 6.41. The van der Waals surface area contributed by atoms with Gasteiger partial charge in [0.1, 0.15) is 0 Å². The molecule has 0 fully saturated rings. The smallest absolute Gasteiger partial charge is 0.00427 e. The minimum absolute atomic E-state index is 0.498. The molecule has 1 rings (SSSR count).